The van der Waals surface area contributed by atoms with E-state index in [0.717, 1.165) is 13.1 Å². The Morgan fingerprint density at radius 3 is 1.44 bits per heavy atom. The van der Waals surface area contributed by atoms with Gasteiger partial charge in [0.15, 0.2) is 0 Å². The minimum Gasteiger partial charge on any atom is -0.330 e. The Hall–Kier alpha value is -0.120. The van der Waals surface area contributed by atoms with Crippen LogP contribution in [0.1, 0.15) is 64.7 Å². The molecule has 0 bridgehead atoms. The summed E-state index contributed by atoms with van der Waals surface area (Å²) < 4.78 is 0. The van der Waals surface area contributed by atoms with Crippen LogP contribution in [0.5, 0.6) is 0 Å². The first-order valence-corrected chi connectivity index (χ1v) is 7.97. The van der Waals surface area contributed by atoms with Gasteiger partial charge in [0.2, 0.25) is 0 Å². The van der Waals surface area contributed by atoms with Gasteiger partial charge in [-0.05, 0) is 64.8 Å². The van der Waals surface area contributed by atoms with Crippen LogP contribution < -0.4 is 11.5 Å². The molecule has 3 heteroatoms. The van der Waals surface area contributed by atoms with E-state index in [1.54, 1.807) is 0 Å². The molecule has 18 heavy (non-hydrogen) atoms. The zero-order chi connectivity index (χ0) is 13.5. The lowest BCUT2D eigenvalue weighted by atomic mass is 10.1. The van der Waals surface area contributed by atoms with Crippen molar-refractivity contribution in [2.24, 2.45) is 11.5 Å². The third-order valence-electron chi connectivity index (χ3n) is 3.40. The Balaban J connectivity index is 3.45. The smallest absolute Gasteiger partial charge is 0.00187 e. The fraction of sp³-hybridized carbons (Fsp3) is 1.00. The molecule has 0 aromatic carbocycles. The van der Waals surface area contributed by atoms with E-state index in [1.807, 2.05) is 0 Å². The van der Waals surface area contributed by atoms with E-state index in [1.165, 1.54) is 77.4 Å². The summed E-state index contributed by atoms with van der Waals surface area (Å²) in [5, 5.41) is 0. The first-order chi connectivity index (χ1) is 8.85. The van der Waals surface area contributed by atoms with Gasteiger partial charge in [0, 0.05) is 0 Å². The second kappa shape index (κ2) is 14.9. The van der Waals surface area contributed by atoms with E-state index in [-0.39, 0.29) is 0 Å². The molecule has 0 amide bonds. The van der Waals surface area contributed by atoms with Gasteiger partial charge in [-0.1, -0.05) is 32.6 Å². The van der Waals surface area contributed by atoms with Gasteiger partial charge >= 0.3 is 0 Å². The second-order valence-corrected chi connectivity index (χ2v) is 5.25. The molecule has 0 aromatic heterocycles. The Morgan fingerprint density at radius 1 is 0.611 bits per heavy atom. The van der Waals surface area contributed by atoms with Gasteiger partial charge < -0.3 is 16.4 Å². The third-order valence-corrected chi connectivity index (χ3v) is 3.40. The lowest BCUT2D eigenvalue weighted by Gasteiger charge is -2.21. The first-order valence-electron chi connectivity index (χ1n) is 7.97. The Morgan fingerprint density at radius 2 is 1.06 bits per heavy atom. The summed E-state index contributed by atoms with van der Waals surface area (Å²) in [5.74, 6) is 0. The van der Waals surface area contributed by atoms with Crippen LogP contribution in [0.3, 0.4) is 0 Å². The van der Waals surface area contributed by atoms with Crippen LogP contribution in [0.4, 0.5) is 0 Å². The molecule has 0 aliphatic heterocycles. The van der Waals surface area contributed by atoms with Crippen molar-refractivity contribution in [2.75, 3.05) is 32.7 Å². The molecule has 0 saturated heterocycles. The fourth-order valence-electron chi connectivity index (χ4n) is 2.32. The van der Waals surface area contributed by atoms with Crippen LogP contribution in [0.2, 0.25) is 0 Å². The highest BCUT2D eigenvalue weighted by molar-refractivity contribution is 4.58. The molecule has 4 N–H and O–H groups in total. The number of hydrogen-bond acceptors (Lipinski definition) is 3. The van der Waals surface area contributed by atoms with Crippen molar-refractivity contribution in [3.8, 4) is 0 Å². The molecular formula is C15H35N3. The quantitative estimate of drug-likeness (QED) is 0.470. The van der Waals surface area contributed by atoms with Crippen molar-refractivity contribution in [1.82, 2.24) is 4.90 Å². The topological polar surface area (TPSA) is 55.3 Å². The molecule has 0 radical (unpaired) electrons. The molecule has 0 heterocycles. The number of hydrogen-bond donors (Lipinski definition) is 2. The molecule has 0 rings (SSSR count). The van der Waals surface area contributed by atoms with Crippen LogP contribution in [-0.2, 0) is 0 Å². The van der Waals surface area contributed by atoms with Crippen molar-refractivity contribution in [3.63, 3.8) is 0 Å². The van der Waals surface area contributed by atoms with Crippen LogP contribution in [0.25, 0.3) is 0 Å². The summed E-state index contributed by atoms with van der Waals surface area (Å²) in [6.45, 7) is 7.77. The SMILES string of the molecule is CCCN(CCCCCCN)CCCCCCN. The molecule has 3 nitrogen and oxygen atoms in total. The van der Waals surface area contributed by atoms with Gasteiger partial charge in [-0.15, -0.1) is 0 Å². The van der Waals surface area contributed by atoms with Gasteiger partial charge in [-0.3, -0.25) is 0 Å². The standard InChI is InChI=1S/C15H35N3/c1-2-13-18(14-9-5-3-7-11-16)15-10-6-4-8-12-17/h2-17H2,1H3. The fourth-order valence-corrected chi connectivity index (χ4v) is 2.32. The van der Waals surface area contributed by atoms with Crippen molar-refractivity contribution >= 4 is 0 Å². The van der Waals surface area contributed by atoms with E-state index in [4.69, 9.17) is 11.5 Å². The highest BCUT2D eigenvalue weighted by atomic mass is 15.1. The molecule has 0 unspecified atom stereocenters. The van der Waals surface area contributed by atoms with Crippen LogP contribution in [-0.4, -0.2) is 37.6 Å². The van der Waals surface area contributed by atoms with E-state index in [9.17, 15) is 0 Å². The summed E-state index contributed by atoms with van der Waals surface area (Å²) in [4.78, 5) is 2.63. The van der Waals surface area contributed by atoms with Crippen LogP contribution in [0, 0.1) is 0 Å². The van der Waals surface area contributed by atoms with Crippen molar-refractivity contribution < 1.29 is 0 Å². The molecule has 110 valence electrons. The minimum absolute atomic E-state index is 0.847. The summed E-state index contributed by atoms with van der Waals surface area (Å²) in [7, 11) is 0. The van der Waals surface area contributed by atoms with E-state index >= 15 is 0 Å². The van der Waals surface area contributed by atoms with Gasteiger partial charge in [0.25, 0.3) is 0 Å². The van der Waals surface area contributed by atoms with Gasteiger partial charge in [-0.25, -0.2) is 0 Å². The molecule has 0 fully saturated rings. The number of rotatable bonds is 14. The molecule has 0 spiro atoms. The monoisotopic (exact) mass is 257 g/mol. The van der Waals surface area contributed by atoms with Gasteiger partial charge in [-0.2, -0.15) is 0 Å². The maximum atomic E-state index is 5.50. The largest absolute Gasteiger partial charge is 0.330 e. The number of unbranched alkanes of at least 4 members (excludes halogenated alkanes) is 6. The summed E-state index contributed by atoms with van der Waals surface area (Å²) in [5.41, 5.74) is 11.0. The molecule has 0 aliphatic carbocycles. The van der Waals surface area contributed by atoms with Gasteiger partial charge in [0.05, 0.1) is 0 Å². The first kappa shape index (κ1) is 17.9. The predicted molar refractivity (Wildman–Crippen MR) is 81.8 cm³/mol. The maximum Gasteiger partial charge on any atom is -0.00187 e. The molecule has 0 saturated carbocycles. The van der Waals surface area contributed by atoms with Crippen LogP contribution in [0.15, 0.2) is 0 Å². The lowest BCUT2D eigenvalue weighted by molar-refractivity contribution is 0.261. The zero-order valence-corrected chi connectivity index (χ0v) is 12.5. The molecule has 0 atom stereocenters. The van der Waals surface area contributed by atoms with Crippen LogP contribution >= 0.6 is 0 Å². The van der Waals surface area contributed by atoms with E-state index < -0.39 is 0 Å². The lowest BCUT2D eigenvalue weighted by Crippen LogP contribution is -2.27. The predicted octanol–water partition coefficient (Wildman–Crippen LogP) is 2.74. The third kappa shape index (κ3) is 12.3. The van der Waals surface area contributed by atoms with Gasteiger partial charge in [0.1, 0.15) is 0 Å². The summed E-state index contributed by atoms with van der Waals surface area (Å²) in [6, 6.07) is 0. The number of nitrogens with two attached hydrogens (primary N) is 2. The van der Waals surface area contributed by atoms with Crippen molar-refractivity contribution in [2.45, 2.75) is 64.7 Å². The Labute approximate surface area is 114 Å². The summed E-state index contributed by atoms with van der Waals surface area (Å²) in [6.07, 6.45) is 11.6. The molecule has 0 aromatic rings. The Kier molecular flexibility index (Phi) is 14.8. The molecular weight excluding hydrogens is 222 g/mol. The average Bonchev–Trinajstić information content (AvgIpc) is 2.38. The molecule has 0 aliphatic rings. The van der Waals surface area contributed by atoms with Crippen molar-refractivity contribution in [3.05, 3.63) is 0 Å². The number of nitrogens with zero attached hydrogens (tertiary/aromatic N) is 1. The summed E-state index contributed by atoms with van der Waals surface area (Å²) >= 11 is 0. The second-order valence-electron chi connectivity index (χ2n) is 5.25. The normalized spacial score (nSPS) is 11.3. The average molecular weight is 257 g/mol. The maximum absolute atomic E-state index is 5.50. The van der Waals surface area contributed by atoms with E-state index in [2.05, 4.69) is 11.8 Å². The Bertz CT molecular complexity index is 137. The van der Waals surface area contributed by atoms with Crippen molar-refractivity contribution in [1.29, 1.82) is 0 Å². The minimum atomic E-state index is 0.847. The van der Waals surface area contributed by atoms with E-state index in [0.29, 0.717) is 0 Å². The highest BCUT2D eigenvalue weighted by Crippen LogP contribution is 2.05. The zero-order valence-electron chi connectivity index (χ0n) is 12.5. The highest BCUT2D eigenvalue weighted by Gasteiger charge is 2.03.